The molecule has 2 rings (SSSR count). The first-order valence-electron chi connectivity index (χ1n) is 9.28. The van der Waals surface area contributed by atoms with Crippen molar-refractivity contribution in [2.45, 2.75) is 39.2 Å². The predicted octanol–water partition coefficient (Wildman–Crippen LogP) is 2.30. The molecular weight excluding hydrogens is 374 g/mol. The molecule has 1 aromatic rings. The molecule has 27 heavy (non-hydrogen) atoms. The highest BCUT2D eigenvalue weighted by molar-refractivity contribution is 7.89. The molecule has 1 unspecified atom stereocenters. The minimum absolute atomic E-state index is 0.0773. The monoisotopic (exact) mass is 402 g/mol. The molecule has 1 aromatic carbocycles. The van der Waals surface area contributed by atoms with Crippen LogP contribution in [0.15, 0.2) is 23.2 Å². The SMILES string of the molecule is CCNC(=NCCS(=O)(=O)NCC1CCC1)NC(C)c1ccc(F)cc1F. The maximum Gasteiger partial charge on any atom is 0.213 e. The van der Waals surface area contributed by atoms with Crippen LogP contribution in [-0.2, 0) is 10.0 Å². The highest BCUT2D eigenvalue weighted by Gasteiger charge is 2.20. The van der Waals surface area contributed by atoms with E-state index in [1.165, 1.54) is 18.6 Å². The lowest BCUT2D eigenvalue weighted by atomic mass is 9.86. The van der Waals surface area contributed by atoms with Gasteiger partial charge in [-0.2, -0.15) is 0 Å². The Hall–Kier alpha value is -1.74. The van der Waals surface area contributed by atoms with Crippen LogP contribution >= 0.6 is 0 Å². The molecule has 0 saturated heterocycles. The Morgan fingerprint density at radius 1 is 1.33 bits per heavy atom. The van der Waals surface area contributed by atoms with Gasteiger partial charge in [-0.1, -0.05) is 12.5 Å². The van der Waals surface area contributed by atoms with E-state index in [1.54, 1.807) is 6.92 Å². The number of hydrogen-bond donors (Lipinski definition) is 3. The van der Waals surface area contributed by atoms with Crippen LogP contribution in [0.3, 0.4) is 0 Å². The topological polar surface area (TPSA) is 82.6 Å². The highest BCUT2D eigenvalue weighted by Crippen LogP contribution is 2.25. The van der Waals surface area contributed by atoms with Gasteiger partial charge >= 0.3 is 0 Å². The summed E-state index contributed by atoms with van der Waals surface area (Å²) in [6, 6.07) is 2.94. The molecule has 9 heteroatoms. The molecule has 3 N–H and O–H groups in total. The van der Waals surface area contributed by atoms with Crippen LogP contribution in [0.2, 0.25) is 0 Å². The van der Waals surface area contributed by atoms with Crippen molar-refractivity contribution in [2.75, 3.05) is 25.4 Å². The number of halogens is 2. The van der Waals surface area contributed by atoms with E-state index in [9.17, 15) is 17.2 Å². The fourth-order valence-electron chi connectivity index (χ4n) is 2.75. The third-order valence-corrected chi connectivity index (χ3v) is 5.90. The van der Waals surface area contributed by atoms with Gasteiger partial charge in [0, 0.05) is 24.7 Å². The van der Waals surface area contributed by atoms with Gasteiger partial charge in [-0.25, -0.2) is 21.9 Å². The Labute approximate surface area is 159 Å². The molecular formula is C18H28F2N4O2S. The highest BCUT2D eigenvalue weighted by atomic mass is 32.2. The molecule has 0 aromatic heterocycles. The van der Waals surface area contributed by atoms with Crippen molar-refractivity contribution in [1.29, 1.82) is 0 Å². The average molecular weight is 403 g/mol. The van der Waals surface area contributed by atoms with Gasteiger partial charge in [0.15, 0.2) is 5.96 Å². The van der Waals surface area contributed by atoms with Crippen LogP contribution in [-0.4, -0.2) is 39.8 Å². The lowest BCUT2D eigenvalue weighted by Gasteiger charge is -2.25. The number of nitrogens with one attached hydrogen (secondary N) is 3. The second-order valence-corrected chi connectivity index (χ2v) is 8.68. The van der Waals surface area contributed by atoms with E-state index in [0.29, 0.717) is 30.5 Å². The standard InChI is InChI=1S/C18H28F2N4O2S/c1-3-21-18(24-13(2)16-8-7-15(19)11-17(16)20)22-9-10-27(25,26)23-12-14-5-4-6-14/h7-8,11,13-14,23H,3-6,9-10,12H2,1-2H3,(H2,21,22,24). The Morgan fingerprint density at radius 3 is 2.67 bits per heavy atom. The van der Waals surface area contributed by atoms with Gasteiger partial charge in [0.2, 0.25) is 10.0 Å². The van der Waals surface area contributed by atoms with Gasteiger partial charge in [0.25, 0.3) is 0 Å². The number of benzene rings is 1. The molecule has 0 spiro atoms. The number of aliphatic imine (C=N–C) groups is 1. The Kier molecular flexibility index (Phi) is 7.97. The lowest BCUT2D eigenvalue weighted by Crippen LogP contribution is -2.39. The molecule has 1 atom stereocenters. The summed E-state index contributed by atoms with van der Waals surface area (Å²) >= 11 is 0. The van der Waals surface area contributed by atoms with Gasteiger partial charge in [-0.05, 0) is 38.7 Å². The van der Waals surface area contributed by atoms with E-state index in [1.807, 2.05) is 6.92 Å². The zero-order valence-corrected chi connectivity index (χ0v) is 16.6. The molecule has 152 valence electrons. The molecule has 1 saturated carbocycles. The van der Waals surface area contributed by atoms with E-state index < -0.39 is 27.7 Å². The van der Waals surface area contributed by atoms with Gasteiger partial charge in [0.1, 0.15) is 11.6 Å². The summed E-state index contributed by atoms with van der Waals surface area (Å²) in [5, 5.41) is 6.01. The second kappa shape index (κ2) is 9.98. The first kappa shape index (κ1) is 21.6. The minimum atomic E-state index is -3.37. The van der Waals surface area contributed by atoms with Crippen molar-refractivity contribution in [2.24, 2.45) is 10.9 Å². The van der Waals surface area contributed by atoms with Crippen molar-refractivity contribution < 1.29 is 17.2 Å². The summed E-state index contributed by atoms with van der Waals surface area (Å²) in [5.74, 6) is -0.566. The van der Waals surface area contributed by atoms with Crippen LogP contribution < -0.4 is 15.4 Å². The van der Waals surface area contributed by atoms with Gasteiger partial charge in [-0.3, -0.25) is 4.99 Å². The maximum atomic E-state index is 13.9. The summed E-state index contributed by atoms with van der Waals surface area (Å²) in [6.45, 7) is 4.73. The van der Waals surface area contributed by atoms with Crippen molar-refractivity contribution in [3.63, 3.8) is 0 Å². The molecule has 0 aliphatic heterocycles. The number of rotatable bonds is 9. The quantitative estimate of drug-likeness (QED) is 0.437. The van der Waals surface area contributed by atoms with Crippen molar-refractivity contribution in [3.05, 3.63) is 35.4 Å². The number of nitrogens with zero attached hydrogens (tertiary/aromatic N) is 1. The maximum absolute atomic E-state index is 13.9. The first-order valence-corrected chi connectivity index (χ1v) is 10.9. The number of sulfonamides is 1. The predicted molar refractivity (Wildman–Crippen MR) is 103 cm³/mol. The van der Waals surface area contributed by atoms with E-state index in [-0.39, 0.29) is 12.3 Å². The third kappa shape index (κ3) is 7.06. The van der Waals surface area contributed by atoms with Gasteiger partial charge < -0.3 is 10.6 Å². The van der Waals surface area contributed by atoms with Crippen LogP contribution in [0.25, 0.3) is 0 Å². The average Bonchev–Trinajstić information content (AvgIpc) is 2.53. The van der Waals surface area contributed by atoms with Crippen LogP contribution in [0.4, 0.5) is 8.78 Å². The summed E-state index contributed by atoms with van der Waals surface area (Å²) in [4.78, 5) is 4.25. The summed E-state index contributed by atoms with van der Waals surface area (Å²) in [7, 11) is -3.37. The summed E-state index contributed by atoms with van der Waals surface area (Å²) in [6.07, 6.45) is 3.32. The van der Waals surface area contributed by atoms with Crippen molar-refractivity contribution in [3.8, 4) is 0 Å². The molecule has 1 fully saturated rings. The summed E-state index contributed by atoms with van der Waals surface area (Å²) in [5.41, 5.74) is 0.303. The number of guanidine groups is 1. The molecule has 0 bridgehead atoms. The zero-order valence-electron chi connectivity index (χ0n) is 15.8. The minimum Gasteiger partial charge on any atom is -0.357 e. The number of hydrogen-bond acceptors (Lipinski definition) is 3. The van der Waals surface area contributed by atoms with Gasteiger partial charge in [-0.15, -0.1) is 0 Å². The third-order valence-electron chi connectivity index (χ3n) is 4.57. The van der Waals surface area contributed by atoms with E-state index in [4.69, 9.17) is 0 Å². The van der Waals surface area contributed by atoms with E-state index >= 15 is 0 Å². The Morgan fingerprint density at radius 2 is 2.07 bits per heavy atom. The van der Waals surface area contributed by atoms with E-state index in [0.717, 1.165) is 18.9 Å². The largest absolute Gasteiger partial charge is 0.357 e. The van der Waals surface area contributed by atoms with Crippen molar-refractivity contribution >= 4 is 16.0 Å². The van der Waals surface area contributed by atoms with Crippen LogP contribution in [0.1, 0.15) is 44.7 Å². The molecule has 0 amide bonds. The van der Waals surface area contributed by atoms with E-state index in [2.05, 4.69) is 20.3 Å². The Balaban J connectivity index is 1.90. The second-order valence-electron chi connectivity index (χ2n) is 6.76. The fourth-order valence-corrected chi connectivity index (χ4v) is 3.71. The molecule has 0 heterocycles. The summed E-state index contributed by atoms with van der Waals surface area (Å²) < 4.78 is 53.6. The van der Waals surface area contributed by atoms with Crippen LogP contribution in [0.5, 0.6) is 0 Å². The van der Waals surface area contributed by atoms with Gasteiger partial charge in [0.05, 0.1) is 18.3 Å². The fraction of sp³-hybridized carbons (Fsp3) is 0.611. The zero-order chi connectivity index (χ0) is 19.9. The van der Waals surface area contributed by atoms with Crippen molar-refractivity contribution in [1.82, 2.24) is 15.4 Å². The lowest BCUT2D eigenvalue weighted by molar-refractivity contribution is 0.316. The molecule has 1 aliphatic carbocycles. The smallest absolute Gasteiger partial charge is 0.213 e. The molecule has 1 aliphatic rings. The first-order chi connectivity index (χ1) is 12.8. The van der Waals surface area contributed by atoms with Crippen LogP contribution in [0, 0.1) is 17.6 Å². The normalized spacial score (nSPS) is 16.7. The molecule has 6 nitrogen and oxygen atoms in total. The molecule has 0 radical (unpaired) electrons. The Bertz CT molecular complexity index is 752.